The molecule has 5 aliphatic heterocycles. The highest BCUT2D eigenvalue weighted by Crippen LogP contribution is 2.37. The summed E-state index contributed by atoms with van der Waals surface area (Å²) in [5.41, 5.74) is 1.74. The Morgan fingerprint density at radius 2 is 1.12 bits per heavy atom. The van der Waals surface area contributed by atoms with Crippen molar-refractivity contribution < 1.29 is 46.1 Å². The van der Waals surface area contributed by atoms with Crippen molar-refractivity contribution in [3.8, 4) is 0 Å². The van der Waals surface area contributed by atoms with E-state index in [4.69, 9.17) is 19.8 Å². The van der Waals surface area contributed by atoms with Gasteiger partial charge in [0, 0.05) is 32.7 Å². The van der Waals surface area contributed by atoms with Crippen LogP contribution in [0.1, 0.15) is 83.5 Å². The molecule has 1 fully saturated rings. The lowest BCUT2D eigenvalue weighted by Gasteiger charge is -2.44. The molecule has 5 atom stereocenters. The van der Waals surface area contributed by atoms with Crippen LogP contribution in [0.25, 0.3) is 0 Å². The number of carboxylic acids is 2. The molecule has 272 valence electrons. The van der Waals surface area contributed by atoms with Crippen molar-refractivity contribution in [1.29, 1.82) is 0 Å². The number of allylic oxidation sites excluding steroid dienone is 6. The predicted octanol–water partition coefficient (Wildman–Crippen LogP) is 8.98. The van der Waals surface area contributed by atoms with Gasteiger partial charge in [0.05, 0.1) is 0 Å². The van der Waals surface area contributed by atoms with E-state index in [1.165, 1.54) is 123 Å². The summed E-state index contributed by atoms with van der Waals surface area (Å²) in [5.74, 6) is -2.98. The van der Waals surface area contributed by atoms with Crippen molar-refractivity contribution >= 4 is 11.9 Å². The molecule has 6 nitrogen and oxygen atoms in total. The van der Waals surface area contributed by atoms with E-state index in [0.29, 0.717) is 0 Å². The smallest absolute Gasteiger partial charge is 0.475 e. The Labute approximate surface area is 280 Å². The van der Waals surface area contributed by atoms with E-state index in [0.717, 1.165) is 17.8 Å². The molecule has 0 amide bonds. The number of halogens is 6. The first-order valence-electron chi connectivity index (χ1n) is 17.1. The van der Waals surface area contributed by atoms with Crippen molar-refractivity contribution in [2.24, 2.45) is 17.8 Å². The number of alkyl halides is 6. The summed E-state index contributed by atoms with van der Waals surface area (Å²) in [7, 11) is 0. The number of hydrogen-bond donors (Lipinski definition) is 2. The van der Waals surface area contributed by atoms with Gasteiger partial charge >= 0.3 is 24.3 Å². The molecule has 12 heteroatoms. The Morgan fingerprint density at radius 3 is 1.69 bits per heavy atom. The SMILES string of the molecule is C1=C2CCCC/C=C\C=C\CCN3CC[C@@H]4[C@H](CCCCCC/C=C\C=C/CCN(C2)C[C@H]14)C3.O=C(O)C(F)(F)F.O=C(O)C(F)(F)F. The summed E-state index contributed by atoms with van der Waals surface area (Å²) < 4.78 is 63.5. The number of nitrogens with zero attached hydrogens (tertiary/aromatic N) is 2. The normalized spacial score (nSPS) is 30.5. The fourth-order valence-electron chi connectivity index (χ4n) is 6.70. The van der Waals surface area contributed by atoms with Crippen LogP contribution in [0, 0.1) is 17.8 Å². The molecule has 0 radical (unpaired) electrons. The van der Waals surface area contributed by atoms with Gasteiger partial charge in [-0.25, -0.2) is 9.59 Å². The van der Waals surface area contributed by atoms with Gasteiger partial charge in [-0.3, -0.25) is 4.90 Å². The summed E-state index contributed by atoms with van der Waals surface area (Å²) in [6.45, 7) is 7.60. The first-order valence-corrected chi connectivity index (χ1v) is 17.1. The lowest BCUT2D eigenvalue weighted by Crippen LogP contribution is -2.47. The van der Waals surface area contributed by atoms with Gasteiger partial charge in [0.15, 0.2) is 0 Å². The average molecular weight is 691 g/mol. The van der Waals surface area contributed by atoms with Crippen LogP contribution in [0.5, 0.6) is 0 Å². The van der Waals surface area contributed by atoms with Gasteiger partial charge in [-0.1, -0.05) is 79.5 Å². The highest BCUT2D eigenvalue weighted by atomic mass is 19.4. The molecule has 5 aliphatic rings. The maximum atomic E-state index is 10.6. The Morgan fingerprint density at radius 1 is 0.625 bits per heavy atom. The van der Waals surface area contributed by atoms with Crippen LogP contribution in [0.3, 0.4) is 0 Å². The van der Waals surface area contributed by atoms with E-state index in [1.54, 1.807) is 5.57 Å². The second kappa shape index (κ2) is 22.0. The van der Waals surface area contributed by atoms with Crippen LogP contribution >= 0.6 is 0 Å². The Kier molecular flexibility index (Phi) is 18.9. The lowest BCUT2D eigenvalue weighted by molar-refractivity contribution is -0.193. The maximum Gasteiger partial charge on any atom is 0.490 e. The summed E-state index contributed by atoms with van der Waals surface area (Å²) in [4.78, 5) is 23.4. The summed E-state index contributed by atoms with van der Waals surface area (Å²) >= 11 is 0. The third-order valence-corrected chi connectivity index (χ3v) is 9.06. The lowest BCUT2D eigenvalue weighted by atomic mass is 9.72. The van der Waals surface area contributed by atoms with E-state index in [-0.39, 0.29) is 0 Å². The minimum Gasteiger partial charge on any atom is -0.475 e. The molecular formula is C36H52F6N2O4. The molecule has 6 bridgehead atoms. The Bertz CT molecular complexity index is 1090. The molecule has 2 unspecified atom stereocenters. The number of fused-ring (bicyclic) bond motifs is 9. The quantitative estimate of drug-likeness (QED) is 0.195. The first kappa shape index (κ1) is 41.3. The second-order valence-electron chi connectivity index (χ2n) is 12.9. The zero-order chi connectivity index (χ0) is 35.4. The number of carboxylic acid groups (broad SMARTS) is 2. The van der Waals surface area contributed by atoms with Gasteiger partial charge in [-0.05, 0) is 88.5 Å². The molecule has 5 rings (SSSR count). The molecule has 0 spiro atoms. The van der Waals surface area contributed by atoms with Crippen LogP contribution in [-0.2, 0) is 9.59 Å². The molecule has 48 heavy (non-hydrogen) atoms. The molecule has 0 aliphatic carbocycles. The standard InChI is InChI=1S/C32H50N2.2C2HF3O2/c1-2-5-10-14-18-23-34-26-29-19-15-11-7-4-6-9-13-17-22-33-24-21-32(31(25-29)28-34)30(27-33)20-16-12-8-3-1;2*3-2(4,5)1(6)7/h2,4-6,9-10,13-14,25,30-32H,1,3,7-8,11-12,15-24,26-28H2;2*(H,6,7)/b5-2-,6-4-,13-9+,14-10-;;/t30-,31+,32-;;/m1../s1. The van der Waals surface area contributed by atoms with Crippen molar-refractivity contribution in [2.45, 2.75) is 95.8 Å². The zero-order valence-electron chi connectivity index (χ0n) is 27.7. The monoisotopic (exact) mass is 690 g/mol. The molecule has 0 aromatic rings. The molecule has 0 saturated carbocycles. The van der Waals surface area contributed by atoms with E-state index < -0.39 is 24.3 Å². The molecule has 1 saturated heterocycles. The van der Waals surface area contributed by atoms with Gasteiger partial charge in [-0.2, -0.15) is 26.3 Å². The molecule has 5 heterocycles. The fraction of sp³-hybridized carbons (Fsp3) is 0.667. The second-order valence-corrected chi connectivity index (χ2v) is 12.9. The van der Waals surface area contributed by atoms with Crippen molar-refractivity contribution in [3.05, 3.63) is 60.3 Å². The van der Waals surface area contributed by atoms with Gasteiger partial charge in [0.25, 0.3) is 0 Å². The minimum absolute atomic E-state index is 0.769. The number of carbonyl (C=O) groups is 2. The third-order valence-electron chi connectivity index (χ3n) is 9.06. The fourth-order valence-corrected chi connectivity index (χ4v) is 6.70. The average Bonchev–Trinajstić information content (AvgIpc) is 3.02. The number of rotatable bonds is 0. The van der Waals surface area contributed by atoms with Gasteiger partial charge in [-0.15, -0.1) is 0 Å². The van der Waals surface area contributed by atoms with Gasteiger partial charge < -0.3 is 15.1 Å². The third kappa shape index (κ3) is 17.5. The summed E-state index contributed by atoms with van der Waals surface area (Å²) in [6.07, 6.45) is 28.5. The summed E-state index contributed by atoms with van der Waals surface area (Å²) in [6, 6.07) is 0. The van der Waals surface area contributed by atoms with Gasteiger partial charge in [0.2, 0.25) is 0 Å². The predicted molar refractivity (Wildman–Crippen MR) is 175 cm³/mol. The molecule has 0 aromatic heterocycles. The summed E-state index contributed by atoms with van der Waals surface area (Å²) in [5, 5.41) is 14.2. The number of hydrogen-bond acceptors (Lipinski definition) is 4. The van der Waals surface area contributed by atoms with Crippen LogP contribution in [-0.4, -0.2) is 83.6 Å². The van der Waals surface area contributed by atoms with Gasteiger partial charge in [0.1, 0.15) is 0 Å². The van der Waals surface area contributed by atoms with E-state index in [9.17, 15) is 26.3 Å². The largest absolute Gasteiger partial charge is 0.490 e. The van der Waals surface area contributed by atoms with Crippen LogP contribution in [0.15, 0.2) is 60.3 Å². The van der Waals surface area contributed by atoms with E-state index in [2.05, 4.69) is 64.5 Å². The molecular weight excluding hydrogens is 638 g/mol. The van der Waals surface area contributed by atoms with Crippen LogP contribution in [0.4, 0.5) is 26.3 Å². The topological polar surface area (TPSA) is 81.1 Å². The molecule has 0 aromatic carbocycles. The van der Waals surface area contributed by atoms with E-state index >= 15 is 0 Å². The molecule has 2 N–H and O–H groups in total. The Balaban J connectivity index is 0.000000479. The Hall–Kier alpha value is -2.86. The van der Waals surface area contributed by atoms with Crippen LogP contribution in [0.2, 0.25) is 0 Å². The van der Waals surface area contributed by atoms with Crippen molar-refractivity contribution in [2.75, 3.05) is 39.3 Å². The van der Waals surface area contributed by atoms with Crippen LogP contribution < -0.4 is 0 Å². The number of aliphatic carboxylic acids is 2. The zero-order valence-corrected chi connectivity index (χ0v) is 27.7. The van der Waals surface area contributed by atoms with Crippen molar-refractivity contribution in [1.82, 2.24) is 9.80 Å². The first-order chi connectivity index (χ1) is 22.8. The maximum absolute atomic E-state index is 10.6. The van der Waals surface area contributed by atoms with Crippen molar-refractivity contribution in [3.63, 3.8) is 0 Å². The highest BCUT2D eigenvalue weighted by Gasteiger charge is 2.39. The minimum atomic E-state index is -5.08. The van der Waals surface area contributed by atoms with E-state index in [1.807, 2.05) is 0 Å². The number of piperidine rings is 1. The highest BCUT2D eigenvalue weighted by molar-refractivity contribution is 5.73.